The van der Waals surface area contributed by atoms with Gasteiger partial charge in [0.1, 0.15) is 0 Å². The molecule has 2 N–H and O–H groups in total. The van der Waals surface area contributed by atoms with Crippen LogP contribution >= 0.6 is 12.2 Å². The van der Waals surface area contributed by atoms with Crippen LogP contribution < -0.4 is 10.6 Å². The maximum atomic E-state index is 5.34. The summed E-state index contributed by atoms with van der Waals surface area (Å²) in [5.74, 6) is 0. The maximum Gasteiger partial charge on any atom is 0.171 e. The molecule has 0 radical (unpaired) electrons. The summed E-state index contributed by atoms with van der Waals surface area (Å²) in [5.41, 5.74) is 5.72. The van der Waals surface area contributed by atoms with Crippen LogP contribution in [0.25, 0.3) is 0 Å². The van der Waals surface area contributed by atoms with Crippen molar-refractivity contribution >= 4 is 23.0 Å². The van der Waals surface area contributed by atoms with Crippen molar-refractivity contribution in [3.8, 4) is 0 Å². The van der Waals surface area contributed by atoms with Gasteiger partial charge in [-0.25, -0.2) is 0 Å². The van der Waals surface area contributed by atoms with Crippen LogP contribution in [0.5, 0.6) is 0 Å². The van der Waals surface area contributed by atoms with E-state index in [4.69, 9.17) is 12.2 Å². The number of benzene rings is 1. The highest BCUT2D eigenvalue weighted by atomic mass is 32.1. The van der Waals surface area contributed by atoms with Gasteiger partial charge in [0.05, 0.1) is 5.69 Å². The Bertz CT molecular complexity index is 628. The van der Waals surface area contributed by atoms with Crippen LogP contribution in [0.15, 0.2) is 24.3 Å². The topological polar surface area (TPSA) is 41.9 Å². The second-order valence-corrected chi connectivity index (χ2v) is 5.54. The second kappa shape index (κ2) is 6.72. The molecule has 0 aliphatic rings. The van der Waals surface area contributed by atoms with Gasteiger partial charge in [-0.05, 0) is 50.2 Å². The van der Waals surface area contributed by atoms with Gasteiger partial charge in [-0.1, -0.05) is 19.1 Å². The first-order valence-electron chi connectivity index (χ1n) is 7.14. The number of thiocarbonyl (C=S) groups is 1. The summed E-state index contributed by atoms with van der Waals surface area (Å²) in [4.78, 5) is 0. The number of nitrogens with zero attached hydrogens (tertiary/aromatic N) is 2. The van der Waals surface area contributed by atoms with Crippen LogP contribution in [0.2, 0.25) is 0 Å². The fourth-order valence-electron chi connectivity index (χ4n) is 2.24. The van der Waals surface area contributed by atoms with Gasteiger partial charge < -0.3 is 10.6 Å². The summed E-state index contributed by atoms with van der Waals surface area (Å²) in [5, 5.41) is 11.5. The van der Waals surface area contributed by atoms with E-state index in [9.17, 15) is 0 Å². The molecule has 0 bridgehead atoms. The van der Waals surface area contributed by atoms with Crippen molar-refractivity contribution in [2.75, 3.05) is 5.32 Å². The first-order valence-corrected chi connectivity index (χ1v) is 7.55. The third-order valence-electron chi connectivity index (χ3n) is 3.70. The lowest BCUT2D eigenvalue weighted by atomic mass is 10.1. The van der Waals surface area contributed by atoms with Crippen LogP contribution in [-0.4, -0.2) is 14.9 Å². The molecular weight excluding hydrogens is 280 g/mol. The molecule has 0 fully saturated rings. The SMILES string of the molecule is CCc1ccc(NC(=S)NCc2c(C)nn(C)c2C)cc1. The predicted molar refractivity (Wildman–Crippen MR) is 91.6 cm³/mol. The van der Waals surface area contributed by atoms with E-state index < -0.39 is 0 Å². The fourth-order valence-corrected chi connectivity index (χ4v) is 2.43. The van der Waals surface area contributed by atoms with E-state index in [0.717, 1.165) is 23.5 Å². The average Bonchev–Trinajstić information content (AvgIpc) is 2.71. The van der Waals surface area contributed by atoms with Crippen molar-refractivity contribution in [3.05, 3.63) is 46.8 Å². The van der Waals surface area contributed by atoms with Gasteiger partial charge in [0.25, 0.3) is 0 Å². The summed E-state index contributed by atoms with van der Waals surface area (Å²) >= 11 is 5.34. The summed E-state index contributed by atoms with van der Waals surface area (Å²) in [6.45, 7) is 6.92. The largest absolute Gasteiger partial charge is 0.358 e. The molecule has 4 nitrogen and oxygen atoms in total. The smallest absolute Gasteiger partial charge is 0.171 e. The minimum atomic E-state index is 0.627. The van der Waals surface area contributed by atoms with Gasteiger partial charge in [0.15, 0.2) is 5.11 Å². The number of anilines is 1. The van der Waals surface area contributed by atoms with Crippen molar-refractivity contribution in [2.24, 2.45) is 7.05 Å². The Morgan fingerprint density at radius 3 is 2.43 bits per heavy atom. The Morgan fingerprint density at radius 1 is 1.24 bits per heavy atom. The van der Waals surface area contributed by atoms with E-state index in [1.165, 1.54) is 11.1 Å². The summed E-state index contributed by atoms with van der Waals surface area (Å²) in [6, 6.07) is 8.32. The Morgan fingerprint density at radius 2 is 1.90 bits per heavy atom. The molecule has 5 heteroatoms. The highest BCUT2D eigenvalue weighted by Crippen LogP contribution is 2.12. The Balaban J connectivity index is 1.92. The number of nitrogens with one attached hydrogen (secondary N) is 2. The first kappa shape index (κ1) is 15.5. The van der Waals surface area contributed by atoms with Crippen molar-refractivity contribution in [1.29, 1.82) is 0 Å². The zero-order valence-electron chi connectivity index (χ0n) is 13.0. The second-order valence-electron chi connectivity index (χ2n) is 5.13. The Labute approximate surface area is 131 Å². The van der Waals surface area contributed by atoms with Gasteiger partial charge in [0, 0.05) is 30.5 Å². The number of hydrogen-bond donors (Lipinski definition) is 2. The molecule has 0 amide bonds. The van der Waals surface area contributed by atoms with Crippen LogP contribution in [0, 0.1) is 13.8 Å². The molecule has 0 unspecified atom stereocenters. The molecule has 1 heterocycles. The van der Waals surface area contributed by atoms with E-state index in [-0.39, 0.29) is 0 Å². The van der Waals surface area contributed by atoms with E-state index >= 15 is 0 Å². The van der Waals surface area contributed by atoms with Crippen molar-refractivity contribution in [3.63, 3.8) is 0 Å². The van der Waals surface area contributed by atoms with E-state index in [0.29, 0.717) is 11.7 Å². The molecule has 21 heavy (non-hydrogen) atoms. The Hall–Kier alpha value is -1.88. The number of aryl methyl sites for hydroxylation is 3. The molecule has 112 valence electrons. The van der Waals surface area contributed by atoms with Crippen molar-refractivity contribution in [2.45, 2.75) is 33.7 Å². The number of hydrogen-bond acceptors (Lipinski definition) is 2. The summed E-state index contributed by atoms with van der Waals surface area (Å²) in [7, 11) is 1.96. The molecule has 0 saturated carbocycles. The minimum absolute atomic E-state index is 0.627. The van der Waals surface area contributed by atoms with Crippen LogP contribution in [-0.2, 0) is 20.0 Å². The van der Waals surface area contributed by atoms with Crippen molar-refractivity contribution < 1.29 is 0 Å². The van der Waals surface area contributed by atoms with Crippen LogP contribution in [0.1, 0.15) is 29.4 Å². The van der Waals surface area contributed by atoms with Crippen LogP contribution in [0.4, 0.5) is 5.69 Å². The predicted octanol–water partition coefficient (Wildman–Crippen LogP) is 3.09. The third kappa shape index (κ3) is 3.82. The van der Waals surface area contributed by atoms with E-state index in [2.05, 4.69) is 41.7 Å². The molecule has 0 atom stereocenters. The van der Waals surface area contributed by atoms with Gasteiger partial charge in [-0.15, -0.1) is 0 Å². The zero-order chi connectivity index (χ0) is 15.4. The monoisotopic (exact) mass is 302 g/mol. The van der Waals surface area contributed by atoms with Gasteiger partial charge in [-0.3, -0.25) is 4.68 Å². The van der Waals surface area contributed by atoms with E-state index in [1.807, 2.05) is 30.8 Å². The standard InChI is InChI=1S/C16H22N4S/c1-5-13-6-8-14(9-7-13)18-16(21)17-10-15-11(2)19-20(4)12(15)3/h6-9H,5,10H2,1-4H3,(H2,17,18,21). The molecule has 0 saturated heterocycles. The fraction of sp³-hybridized carbons (Fsp3) is 0.375. The lowest BCUT2D eigenvalue weighted by Crippen LogP contribution is -2.28. The summed E-state index contributed by atoms with van der Waals surface area (Å²) < 4.78 is 1.90. The maximum absolute atomic E-state index is 5.34. The number of rotatable bonds is 4. The molecule has 2 rings (SSSR count). The lowest BCUT2D eigenvalue weighted by Gasteiger charge is -2.11. The molecule has 2 aromatic rings. The number of aromatic nitrogens is 2. The summed E-state index contributed by atoms with van der Waals surface area (Å²) in [6.07, 6.45) is 1.04. The first-order chi connectivity index (χ1) is 10.0. The third-order valence-corrected chi connectivity index (χ3v) is 3.95. The minimum Gasteiger partial charge on any atom is -0.358 e. The quantitative estimate of drug-likeness (QED) is 0.852. The van der Waals surface area contributed by atoms with E-state index in [1.54, 1.807) is 0 Å². The molecule has 1 aromatic heterocycles. The Kier molecular flexibility index (Phi) is 4.96. The average molecular weight is 302 g/mol. The zero-order valence-corrected chi connectivity index (χ0v) is 13.8. The normalized spacial score (nSPS) is 10.5. The molecule has 1 aromatic carbocycles. The molecule has 0 spiro atoms. The molecule has 0 aliphatic carbocycles. The van der Waals surface area contributed by atoms with Crippen molar-refractivity contribution in [1.82, 2.24) is 15.1 Å². The van der Waals surface area contributed by atoms with Gasteiger partial charge >= 0.3 is 0 Å². The highest BCUT2D eigenvalue weighted by Gasteiger charge is 2.09. The molecule has 0 aliphatic heterocycles. The van der Waals surface area contributed by atoms with Gasteiger partial charge in [-0.2, -0.15) is 5.10 Å². The van der Waals surface area contributed by atoms with Gasteiger partial charge in [0.2, 0.25) is 0 Å². The highest BCUT2D eigenvalue weighted by molar-refractivity contribution is 7.80. The van der Waals surface area contributed by atoms with Crippen LogP contribution in [0.3, 0.4) is 0 Å². The lowest BCUT2D eigenvalue weighted by molar-refractivity contribution is 0.729. The molecular formula is C16H22N4S.